The lowest BCUT2D eigenvalue weighted by atomic mass is 10.1. The first-order valence-corrected chi connectivity index (χ1v) is 9.69. The molecule has 0 bridgehead atoms. The highest BCUT2D eigenvalue weighted by atomic mass is 32.2. The number of carbonyl (C=O) groups excluding carboxylic acids is 1. The monoisotopic (exact) mass is 339 g/mol. The van der Waals surface area contributed by atoms with Crippen LogP contribution in [0.2, 0.25) is 0 Å². The van der Waals surface area contributed by atoms with Crippen molar-refractivity contribution in [1.82, 2.24) is 9.80 Å². The molecule has 0 aliphatic carbocycles. The number of aromatic nitrogens is 1. The van der Waals surface area contributed by atoms with Gasteiger partial charge >= 0.3 is 0 Å². The van der Waals surface area contributed by atoms with Gasteiger partial charge in [0, 0.05) is 38.3 Å². The lowest BCUT2D eigenvalue weighted by Crippen LogP contribution is -2.53. The maximum absolute atomic E-state index is 12.4. The van der Waals surface area contributed by atoms with Crippen molar-refractivity contribution in [2.45, 2.75) is 18.9 Å². The molecule has 126 valence electrons. The minimum atomic E-state index is -2.84. The summed E-state index contributed by atoms with van der Waals surface area (Å²) >= 11 is 0. The minimum absolute atomic E-state index is 0.124. The molecule has 0 spiro atoms. The molecule has 2 aliphatic heterocycles. The highest BCUT2D eigenvalue weighted by molar-refractivity contribution is 7.91. The Hall–Kier alpha value is -1.67. The van der Waals surface area contributed by atoms with Crippen LogP contribution in [0, 0.1) is 5.21 Å². The zero-order valence-corrected chi connectivity index (χ0v) is 13.7. The van der Waals surface area contributed by atoms with Crippen LogP contribution in [-0.2, 0) is 9.84 Å². The fourth-order valence-corrected chi connectivity index (χ4v) is 4.76. The standard InChI is InChI=1S/C15H21N3O4S/c19-15(13-2-1-5-18(20)12-13)17-8-6-16(7-9-17)14-3-10-23(21,22)11-4-14/h1-2,5,12,14H,3-4,6-11H2. The van der Waals surface area contributed by atoms with Crippen LogP contribution in [-0.4, -0.2) is 67.9 Å². The number of sulfone groups is 1. The van der Waals surface area contributed by atoms with Gasteiger partial charge in [-0.25, -0.2) is 8.42 Å². The summed E-state index contributed by atoms with van der Waals surface area (Å²) in [4.78, 5) is 16.4. The van der Waals surface area contributed by atoms with E-state index in [1.165, 1.54) is 12.4 Å². The number of nitrogens with zero attached hydrogens (tertiary/aromatic N) is 3. The normalized spacial score (nSPS) is 22.9. The molecule has 7 nitrogen and oxygen atoms in total. The van der Waals surface area contributed by atoms with Gasteiger partial charge in [-0.05, 0) is 18.9 Å². The Balaban J connectivity index is 1.55. The molecule has 0 atom stereocenters. The third kappa shape index (κ3) is 3.81. The predicted octanol–water partition coefficient (Wildman–Crippen LogP) is -0.345. The van der Waals surface area contributed by atoms with Gasteiger partial charge in [0.1, 0.15) is 15.4 Å². The Bertz CT molecular complexity index is 670. The van der Waals surface area contributed by atoms with E-state index < -0.39 is 9.84 Å². The summed E-state index contributed by atoms with van der Waals surface area (Å²) in [6.07, 6.45) is 4.02. The summed E-state index contributed by atoms with van der Waals surface area (Å²) in [5.41, 5.74) is 0.403. The predicted molar refractivity (Wildman–Crippen MR) is 84.6 cm³/mol. The van der Waals surface area contributed by atoms with Crippen molar-refractivity contribution in [3.05, 3.63) is 35.3 Å². The van der Waals surface area contributed by atoms with Crippen LogP contribution in [0.15, 0.2) is 24.5 Å². The number of pyridine rings is 1. The largest absolute Gasteiger partial charge is 0.619 e. The van der Waals surface area contributed by atoms with Gasteiger partial charge in [-0.15, -0.1) is 0 Å². The number of hydrogen-bond acceptors (Lipinski definition) is 5. The number of amides is 1. The summed E-state index contributed by atoms with van der Waals surface area (Å²) in [5.74, 6) is 0.412. The Morgan fingerprint density at radius 3 is 2.43 bits per heavy atom. The van der Waals surface area contributed by atoms with E-state index in [1.807, 2.05) is 0 Å². The van der Waals surface area contributed by atoms with Crippen LogP contribution in [0.3, 0.4) is 0 Å². The molecular weight excluding hydrogens is 318 g/mol. The van der Waals surface area contributed by atoms with Crippen molar-refractivity contribution in [3.63, 3.8) is 0 Å². The van der Waals surface area contributed by atoms with Crippen LogP contribution in [0.1, 0.15) is 23.2 Å². The van der Waals surface area contributed by atoms with E-state index in [0.717, 1.165) is 13.1 Å². The molecule has 2 aliphatic rings. The van der Waals surface area contributed by atoms with E-state index in [9.17, 15) is 18.4 Å². The topological polar surface area (TPSA) is 84.6 Å². The van der Waals surface area contributed by atoms with Crippen molar-refractivity contribution >= 4 is 15.7 Å². The molecule has 1 amide bonds. The van der Waals surface area contributed by atoms with Crippen LogP contribution >= 0.6 is 0 Å². The number of hydrogen-bond donors (Lipinski definition) is 0. The van der Waals surface area contributed by atoms with Crippen LogP contribution < -0.4 is 4.73 Å². The quantitative estimate of drug-likeness (QED) is 0.543. The second kappa shape index (κ2) is 6.45. The van der Waals surface area contributed by atoms with Crippen molar-refractivity contribution in [3.8, 4) is 0 Å². The number of piperazine rings is 1. The van der Waals surface area contributed by atoms with Gasteiger partial charge in [0.05, 0.1) is 11.5 Å². The zero-order chi connectivity index (χ0) is 16.4. The van der Waals surface area contributed by atoms with Gasteiger partial charge in [0.15, 0.2) is 12.4 Å². The highest BCUT2D eigenvalue weighted by Gasteiger charge is 2.31. The van der Waals surface area contributed by atoms with E-state index in [1.54, 1.807) is 17.0 Å². The first-order chi connectivity index (χ1) is 10.9. The highest BCUT2D eigenvalue weighted by Crippen LogP contribution is 2.20. The van der Waals surface area contributed by atoms with Gasteiger partial charge in [0.2, 0.25) is 0 Å². The lowest BCUT2D eigenvalue weighted by molar-refractivity contribution is -0.605. The summed E-state index contributed by atoms with van der Waals surface area (Å²) in [6.45, 7) is 2.72. The molecule has 0 N–H and O–H groups in total. The molecule has 0 aromatic carbocycles. The third-order valence-corrected chi connectivity index (χ3v) is 6.38. The zero-order valence-electron chi connectivity index (χ0n) is 12.9. The van der Waals surface area contributed by atoms with Gasteiger partial charge in [-0.1, -0.05) is 0 Å². The van der Waals surface area contributed by atoms with Crippen molar-refractivity contribution in [2.75, 3.05) is 37.7 Å². The van der Waals surface area contributed by atoms with E-state index >= 15 is 0 Å². The average molecular weight is 339 g/mol. The number of carbonyl (C=O) groups is 1. The Kier molecular flexibility index (Phi) is 4.54. The molecular formula is C15H21N3O4S. The summed E-state index contributed by atoms with van der Waals surface area (Å²) in [5, 5.41) is 11.3. The molecule has 8 heteroatoms. The van der Waals surface area contributed by atoms with E-state index in [2.05, 4.69) is 4.90 Å². The molecule has 0 unspecified atom stereocenters. The van der Waals surface area contributed by atoms with E-state index in [0.29, 0.717) is 42.3 Å². The summed E-state index contributed by atoms with van der Waals surface area (Å²) < 4.78 is 23.6. The smallest absolute Gasteiger partial charge is 0.260 e. The molecule has 3 heterocycles. The molecule has 3 rings (SSSR count). The van der Waals surface area contributed by atoms with Crippen molar-refractivity contribution < 1.29 is 17.9 Å². The van der Waals surface area contributed by atoms with Gasteiger partial charge in [0.25, 0.3) is 5.91 Å². The van der Waals surface area contributed by atoms with Crippen LogP contribution in [0.4, 0.5) is 0 Å². The van der Waals surface area contributed by atoms with Crippen LogP contribution in [0.25, 0.3) is 0 Å². The fourth-order valence-electron chi connectivity index (χ4n) is 3.30. The number of rotatable bonds is 2. The molecule has 23 heavy (non-hydrogen) atoms. The fraction of sp³-hybridized carbons (Fsp3) is 0.600. The minimum Gasteiger partial charge on any atom is -0.619 e. The van der Waals surface area contributed by atoms with Crippen molar-refractivity contribution in [2.24, 2.45) is 0 Å². The Morgan fingerprint density at radius 1 is 1.17 bits per heavy atom. The summed E-state index contributed by atoms with van der Waals surface area (Å²) in [7, 11) is -2.84. The summed E-state index contributed by atoms with van der Waals surface area (Å²) in [6, 6.07) is 3.52. The lowest BCUT2D eigenvalue weighted by Gasteiger charge is -2.40. The Morgan fingerprint density at radius 2 is 1.83 bits per heavy atom. The molecule has 0 radical (unpaired) electrons. The third-order valence-electron chi connectivity index (χ3n) is 4.66. The van der Waals surface area contributed by atoms with Gasteiger partial charge in [-0.2, -0.15) is 4.73 Å². The molecule has 2 saturated heterocycles. The molecule has 0 saturated carbocycles. The van der Waals surface area contributed by atoms with E-state index in [-0.39, 0.29) is 17.4 Å². The second-order valence-corrected chi connectivity index (χ2v) is 8.47. The molecule has 2 fully saturated rings. The average Bonchev–Trinajstić information content (AvgIpc) is 2.54. The van der Waals surface area contributed by atoms with Crippen molar-refractivity contribution in [1.29, 1.82) is 0 Å². The molecule has 1 aromatic rings. The van der Waals surface area contributed by atoms with Gasteiger partial charge in [-0.3, -0.25) is 9.69 Å². The first-order valence-electron chi connectivity index (χ1n) is 7.87. The maximum atomic E-state index is 12.4. The van der Waals surface area contributed by atoms with E-state index in [4.69, 9.17) is 0 Å². The van der Waals surface area contributed by atoms with Gasteiger partial charge < -0.3 is 10.1 Å². The second-order valence-electron chi connectivity index (χ2n) is 6.16. The first kappa shape index (κ1) is 16.2. The molecule has 1 aromatic heterocycles. The SMILES string of the molecule is O=C(c1ccc[n+]([O-])c1)N1CCN(C2CCS(=O)(=O)CC2)CC1. The Labute approximate surface area is 136 Å². The maximum Gasteiger partial charge on any atom is 0.260 e. The van der Waals surface area contributed by atoms with Crippen LogP contribution in [0.5, 0.6) is 0 Å².